The Morgan fingerprint density at radius 3 is 2.85 bits per heavy atom. The molecule has 0 radical (unpaired) electrons. The van der Waals surface area contributed by atoms with Crippen molar-refractivity contribution in [3.05, 3.63) is 48.0 Å². The van der Waals surface area contributed by atoms with Crippen molar-refractivity contribution in [1.29, 1.82) is 0 Å². The highest BCUT2D eigenvalue weighted by molar-refractivity contribution is 5.69. The van der Waals surface area contributed by atoms with Gasteiger partial charge in [-0.3, -0.25) is 0 Å². The van der Waals surface area contributed by atoms with Crippen molar-refractivity contribution in [3.63, 3.8) is 0 Å². The summed E-state index contributed by atoms with van der Waals surface area (Å²) >= 11 is 0. The maximum Gasteiger partial charge on any atom is 0.407 e. The highest BCUT2D eigenvalue weighted by Gasteiger charge is 2.28. The number of nitrogens with one attached hydrogen (secondary N) is 1. The van der Waals surface area contributed by atoms with Crippen molar-refractivity contribution in [2.75, 3.05) is 0 Å². The van der Waals surface area contributed by atoms with Crippen LogP contribution < -0.4 is 5.32 Å². The molecule has 2 rings (SSSR count). The Kier molecular flexibility index (Phi) is 4.93. The molecule has 4 nitrogen and oxygen atoms in total. The van der Waals surface area contributed by atoms with Crippen molar-refractivity contribution in [2.45, 2.75) is 26.0 Å². The first-order valence-electron chi connectivity index (χ1n) is 6.80. The van der Waals surface area contributed by atoms with Gasteiger partial charge in [0.25, 0.3) is 0 Å². The van der Waals surface area contributed by atoms with Gasteiger partial charge in [-0.05, 0) is 17.9 Å². The molecule has 1 N–H and O–H groups in total. The predicted octanol–water partition coefficient (Wildman–Crippen LogP) is 2.69. The van der Waals surface area contributed by atoms with Gasteiger partial charge in [0.1, 0.15) is 12.9 Å². The number of hydrogen-bond donors (Lipinski definition) is 1. The molecule has 0 saturated heterocycles. The molecule has 4 heteroatoms. The Morgan fingerprint density at radius 2 is 2.15 bits per heavy atom. The second-order valence-corrected chi connectivity index (χ2v) is 5.09. The van der Waals surface area contributed by atoms with Gasteiger partial charge in [0.05, 0.1) is 6.04 Å². The summed E-state index contributed by atoms with van der Waals surface area (Å²) in [6.45, 7) is 2.23. The molecule has 3 unspecified atom stereocenters. The quantitative estimate of drug-likeness (QED) is 0.678. The third-order valence-corrected chi connectivity index (χ3v) is 3.58. The van der Waals surface area contributed by atoms with Gasteiger partial charge in [-0.2, -0.15) is 0 Å². The Hall–Kier alpha value is -2.10. The number of allylic oxidation sites excluding steroid dienone is 1. The van der Waals surface area contributed by atoms with Crippen LogP contribution in [-0.4, -0.2) is 18.4 Å². The normalized spacial score (nSPS) is 24.9. The minimum absolute atomic E-state index is 0.190. The highest BCUT2D eigenvalue weighted by atomic mass is 16.5. The number of carbonyl (C=O) groups excluding carboxylic acids is 2. The lowest BCUT2D eigenvalue weighted by Crippen LogP contribution is -2.43. The lowest BCUT2D eigenvalue weighted by Gasteiger charge is -2.28. The number of aldehydes is 1. The molecule has 0 bridgehead atoms. The predicted molar refractivity (Wildman–Crippen MR) is 76.0 cm³/mol. The number of hydrogen-bond acceptors (Lipinski definition) is 3. The van der Waals surface area contributed by atoms with E-state index in [9.17, 15) is 9.59 Å². The van der Waals surface area contributed by atoms with E-state index in [-0.39, 0.29) is 24.5 Å². The van der Waals surface area contributed by atoms with Crippen LogP contribution in [0.15, 0.2) is 42.5 Å². The molecule has 0 saturated carbocycles. The van der Waals surface area contributed by atoms with Crippen LogP contribution in [0.3, 0.4) is 0 Å². The molecule has 1 aromatic carbocycles. The monoisotopic (exact) mass is 273 g/mol. The van der Waals surface area contributed by atoms with E-state index in [0.29, 0.717) is 0 Å². The largest absolute Gasteiger partial charge is 0.445 e. The van der Waals surface area contributed by atoms with Gasteiger partial charge in [0, 0.05) is 5.92 Å². The Balaban J connectivity index is 1.86. The summed E-state index contributed by atoms with van der Waals surface area (Å²) in [6, 6.07) is 9.20. The Morgan fingerprint density at radius 1 is 1.40 bits per heavy atom. The molecular formula is C16H19NO3. The maximum absolute atomic E-state index is 11.8. The zero-order chi connectivity index (χ0) is 14.4. The second-order valence-electron chi connectivity index (χ2n) is 5.09. The maximum atomic E-state index is 11.8. The molecule has 0 spiro atoms. The zero-order valence-electron chi connectivity index (χ0n) is 11.5. The van der Waals surface area contributed by atoms with Gasteiger partial charge in [0.2, 0.25) is 0 Å². The number of benzene rings is 1. The van der Waals surface area contributed by atoms with Crippen LogP contribution >= 0.6 is 0 Å². The van der Waals surface area contributed by atoms with Crippen LogP contribution in [0.1, 0.15) is 18.9 Å². The fourth-order valence-corrected chi connectivity index (χ4v) is 2.34. The van der Waals surface area contributed by atoms with Crippen molar-refractivity contribution in [3.8, 4) is 0 Å². The van der Waals surface area contributed by atoms with Crippen molar-refractivity contribution in [1.82, 2.24) is 5.32 Å². The van der Waals surface area contributed by atoms with E-state index in [1.807, 2.05) is 49.4 Å². The first-order chi connectivity index (χ1) is 9.70. The number of amides is 1. The third-order valence-electron chi connectivity index (χ3n) is 3.58. The van der Waals surface area contributed by atoms with Gasteiger partial charge in [-0.25, -0.2) is 4.79 Å². The summed E-state index contributed by atoms with van der Waals surface area (Å²) in [4.78, 5) is 22.9. The Labute approximate surface area is 118 Å². The van der Waals surface area contributed by atoms with E-state index < -0.39 is 6.09 Å². The number of carbonyl (C=O) groups is 2. The summed E-state index contributed by atoms with van der Waals surface area (Å²) in [5.74, 6) is 0.0428. The first-order valence-corrected chi connectivity index (χ1v) is 6.80. The summed E-state index contributed by atoms with van der Waals surface area (Å²) < 4.78 is 5.16. The van der Waals surface area contributed by atoms with Crippen LogP contribution in [-0.2, 0) is 16.1 Å². The Bertz CT molecular complexity index is 484. The molecule has 1 aromatic rings. The molecule has 1 aliphatic rings. The average molecular weight is 273 g/mol. The lowest BCUT2D eigenvalue weighted by molar-refractivity contribution is -0.112. The van der Waals surface area contributed by atoms with Crippen molar-refractivity contribution >= 4 is 12.4 Å². The molecule has 1 amide bonds. The summed E-state index contributed by atoms with van der Waals surface area (Å²) in [7, 11) is 0. The lowest BCUT2D eigenvalue weighted by atomic mass is 9.82. The van der Waals surface area contributed by atoms with Crippen molar-refractivity contribution in [2.24, 2.45) is 11.8 Å². The molecule has 0 fully saturated rings. The fourth-order valence-electron chi connectivity index (χ4n) is 2.34. The van der Waals surface area contributed by atoms with Gasteiger partial charge >= 0.3 is 6.09 Å². The zero-order valence-corrected chi connectivity index (χ0v) is 11.5. The van der Waals surface area contributed by atoms with Crippen LogP contribution in [0.5, 0.6) is 0 Å². The summed E-state index contributed by atoms with van der Waals surface area (Å²) in [5.41, 5.74) is 0.933. The van der Waals surface area contributed by atoms with Crippen LogP contribution in [0.2, 0.25) is 0 Å². The average Bonchev–Trinajstić information content (AvgIpc) is 2.46. The van der Waals surface area contributed by atoms with Crippen LogP contribution in [0.25, 0.3) is 0 Å². The molecule has 0 aromatic heterocycles. The van der Waals surface area contributed by atoms with E-state index in [0.717, 1.165) is 18.3 Å². The smallest absolute Gasteiger partial charge is 0.407 e. The van der Waals surface area contributed by atoms with Crippen molar-refractivity contribution < 1.29 is 14.3 Å². The number of ether oxygens (including phenoxy) is 1. The molecule has 0 aliphatic heterocycles. The van der Waals surface area contributed by atoms with E-state index in [4.69, 9.17) is 4.74 Å². The standard InChI is InChI=1S/C16H19NO3/c1-12-6-5-9-15(14(12)10-18)17-16(19)20-11-13-7-3-2-4-8-13/h2-5,7-10,12,14-15H,6,11H2,1H3,(H,17,19). The number of rotatable bonds is 4. The molecule has 0 heterocycles. The highest BCUT2D eigenvalue weighted by Crippen LogP contribution is 2.23. The molecule has 106 valence electrons. The van der Waals surface area contributed by atoms with Crippen LogP contribution in [0.4, 0.5) is 4.79 Å². The van der Waals surface area contributed by atoms with Crippen LogP contribution in [0, 0.1) is 11.8 Å². The van der Waals surface area contributed by atoms with Gasteiger partial charge < -0.3 is 14.8 Å². The molecule has 1 aliphatic carbocycles. The second kappa shape index (κ2) is 6.89. The van der Waals surface area contributed by atoms with E-state index >= 15 is 0 Å². The van der Waals surface area contributed by atoms with Gasteiger partial charge in [-0.1, -0.05) is 49.4 Å². The first kappa shape index (κ1) is 14.3. The molecular weight excluding hydrogens is 254 g/mol. The topological polar surface area (TPSA) is 55.4 Å². The minimum Gasteiger partial charge on any atom is -0.445 e. The SMILES string of the molecule is CC1CC=CC(NC(=O)OCc2ccccc2)C1C=O. The third kappa shape index (κ3) is 3.70. The molecule has 20 heavy (non-hydrogen) atoms. The fraction of sp³-hybridized carbons (Fsp3) is 0.375. The van der Waals surface area contributed by atoms with E-state index in [1.165, 1.54) is 0 Å². The summed E-state index contributed by atoms with van der Waals surface area (Å²) in [5, 5.41) is 2.74. The van der Waals surface area contributed by atoms with E-state index in [2.05, 4.69) is 5.32 Å². The minimum atomic E-state index is -0.496. The van der Waals surface area contributed by atoms with Gasteiger partial charge in [-0.15, -0.1) is 0 Å². The number of alkyl carbamates (subject to hydrolysis) is 1. The van der Waals surface area contributed by atoms with E-state index in [1.54, 1.807) is 0 Å². The molecule has 3 atom stereocenters. The van der Waals surface area contributed by atoms with Gasteiger partial charge in [0.15, 0.2) is 0 Å². The summed E-state index contributed by atoms with van der Waals surface area (Å²) in [6.07, 6.45) is 5.14.